The van der Waals surface area contributed by atoms with Crippen molar-refractivity contribution >= 4 is 25.4 Å². The number of benzene rings is 4. The molecule has 0 aromatic heterocycles. The van der Waals surface area contributed by atoms with Crippen LogP contribution in [0.15, 0.2) is 121 Å². The Balaban J connectivity index is 1.89. The van der Waals surface area contributed by atoms with Crippen LogP contribution >= 0.6 is 7.60 Å². The normalized spacial score (nSPS) is 14.7. The number of aliphatic hydroxyl groups excluding tert-OH is 1. The van der Waals surface area contributed by atoms with E-state index in [2.05, 4.69) is 5.32 Å². The Labute approximate surface area is 332 Å². The number of methoxy groups -OCH3 is 1. The minimum absolute atomic E-state index is 0.0347. The van der Waals surface area contributed by atoms with Crippen molar-refractivity contribution in [3.63, 3.8) is 0 Å². The van der Waals surface area contributed by atoms with Gasteiger partial charge in [0.15, 0.2) is 11.9 Å². The van der Waals surface area contributed by atoms with E-state index in [4.69, 9.17) is 37.5 Å². The lowest BCUT2D eigenvalue weighted by Gasteiger charge is -2.41. The highest BCUT2D eigenvalue weighted by atomic mass is 31.2. The first kappa shape index (κ1) is 44.9. The van der Waals surface area contributed by atoms with Crippen LogP contribution in [0, 0.1) is 0 Å². The number of hydrogen-bond donors (Lipinski definition) is 2. The van der Waals surface area contributed by atoms with Crippen LogP contribution in [0.4, 0.5) is 0 Å². The van der Waals surface area contributed by atoms with Crippen molar-refractivity contribution in [1.29, 1.82) is 0 Å². The van der Waals surface area contributed by atoms with Crippen LogP contribution < -0.4 is 5.32 Å². The Morgan fingerprint density at radius 1 is 0.596 bits per heavy atom. The third kappa shape index (κ3) is 14.0. The Kier molecular flexibility index (Phi) is 18.5. The zero-order chi connectivity index (χ0) is 41.0. The summed E-state index contributed by atoms with van der Waals surface area (Å²) in [6.07, 6.45) is -5.94. The van der Waals surface area contributed by atoms with Crippen LogP contribution in [0.5, 0.6) is 0 Å². The summed E-state index contributed by atoms with van der Waals surface area (Å²) in [7, 11) is -1.26. The van der Waals surface area contributed by atoms with Gasteiger partial charge in [-0.3, -0.25) is 9.36 Å². The molecule has 0 fully saturated rings. The molecule has 0 radical (unpaired) electrons. The summed E-state index contributed by atoms with van der Waals surface area (Å²) in [5, 5.41) is 14.6. The minimum atomic E-state index is -4.42. The third-order valence-electron chi connectivity index (χ3n) is 8.76. The van der Waals surface area contributed by atoms with Gasteiger partial charge in [-0.05, 0) is 22.3 Å². The number of hydrogen-bond acceptors (Lipinski definition) is 13. The van der Waals surface area contributed by atoms with E-state index in [1.807, 2.05) is 91.0 Å². The standard InChI is InChI=1S/C42H50NO13P/c1-30(44)43-36(39(42(47)57(48,50-3)51-4)55-28-34-23-15-8-16-24-34)38(56-41(46)40(45)49-2)37(54-27-33-21-13-7-14-22-33)35(53-26-32-19-11-6-12-20-32)29-52-25-31-17-9-5-10-18-31/h5-24,35-39,42,47H,25-29H2,1-4H3,(H,43,44)/t35-,36-,37+,38+,39+,42-/m0/s1. The fourth-order valence-corrected chi connectivity index (χ4v) is 7.07. The molecule has 14 nitrogen and oxygen atoms in total. The van der Waals surface area contributed by atoms with E-state index in [9.17, 15) is 24.1 Å². The molecule has 0 bridgehead atoms. The van der Waals surface area contributed by atoms with Crippen molar-refractivity contribution in [3.8, 4) is 0 Å². The van der Waals surface area contributed by atoms with Gasteiger partial charge in [-0.15, -0.1) is 0 Å². The fraction of sp³-hybridized carbons (Fsp3) is 0.357. The van der Waals surface area contributed by atoms with Gasteiger partial charge in [0.2, 0.25) is 5.91 Å². The van der Waals surface area contributed by atoms with Gasteiger partial charge in [0.1, 0.15) is 18.3 Å². The first-order valence-electron chi connectivity index (χ1n) is 18.1. The maximum Gasteiger partial charge on any atom is 0.417 e. The molecule has 0 aliphatic carbocycles. The molecule has 15 heteroatoms. The summed E-state index contributed by atoms with van der Waals surface area (Å²) < 4.78 is 60.5. The van der Waals surface area contributed by atoms with Crippen LogP contribution in [0.1, 0.15) is 29.2 Å². The summed E-state index contributed by atoms with van der Waals surface area (Å²) in [6, 6.07) is 34.9. The summed E-state index contributed by atoms with van der Waals surface area (Å²) >= 11 is 0. The van der Waals surface area contributed by atoms with Crippen LogP contribution in [0.25, 0.3) is 0 Å². The molecule has 4 aromatic carbocycles. The highest BCUT2D eigenvalue weighted by Crippen LogP contribution is 2.53. The van der Waals surface area contributed by atoms with Crippen LogP contribution in [0.2, 0.25) is 0 Å². The SMILES string of the molecule is COC(=O)C(=O)O[C@H]([C@H](NC(C)=O)[C@@H](OCc1ccccc1)[C@@H](O)P(=O)(OC)OC)[C@H](OCc1ccccc1)[C@H](COCc1ccccc1)OCc1ccccc1. The lowest BCUT2D eigenvalue weighted by atomic mass is 9.95. The van der Waals surface area contributed by atoms with Crippen molar-refractivity contribution in [1.82, 2.24) is 5.32 Å². The first-order valence-corrected chi connectivity index (χ1v) is 19.7. The van der Waals surface area contributed by atoms with Crippen molar-refractivity contribution in [2.45, 2.75) is 69.7 Å². The number of carbonyl (C=O) groups excluding carboxylic acids is 3. The molecule has 4 aromatic rings. The highest BCUT2D eigenvalue weighted by molar-refractivity contribution is 7.54. The molecule has 2 N–H and O–H groups in total. The van der Waals surface area contributed by atoms with Gasteiger partial charge in [-0.25, -0.2) is 9.59 Å². The molecule has 4 rings (SSSR count). The molecule has 0 spiro atoms. The monoisotopic (exact) mass is 807 g/mol. The average molecular weight is 808 g/mol. The number of esters is 2. The van der Waals surface area contributed by atoms with E-state index in [1.54, 1.807) is 30.3 Å². The van der Waals surface area contributed by atoms with E-state index in [0.29, 0.717) is 11.1 Å². The Morgan fingerprint density at radius 3 is 1.44 bits per heavy atom. The van der Waals surface area contributed by atoms with E-state index < -0.39 is 61.7 Å². The van der Waals surface area contributed by atoms with Crippen molar-refractivity contribution in [2.75, 3.05) is 27.9 Å². The second-order valence-electron chi connectivity index (χ2n) is 12.8. The molecule has 0 heterocycles. The summed E-state index contributed by atoms with van der Waals surface area (Å²) in [6.45, 7) is 0.950. The van der Waals surface area contributed by atoms with E-state index in [1.165, 1.54) is 6.92 Å². The predicted molar refractivity (Wildman–Crippen MR) is 208 cm³/mol. The number of nitrogens with one attached hydrogen (secondary N) is 1. The quantitative estimate of drug-likeness (QED) is 0.0558. The van der Waals surface area contributed by atoms with Crippen molar-refractivity contribution in [3.05, 3.63) is 144 Å². The summed E-state index contributed by atoms with van der Waals surface area (Å²) in [4.78, 5) is 39.3. The highest BCUT2D eigenvalue weighted by Gasteiger charge is 2.51. The predicted octanol–water partition coefficient (Wildman–Crippen LogP) is 5.35. The van der Waals surface area contributed by atoms with Gasteiger partial charge < -0.3 is 47.9 Å². The number of amides is 1. The molecule has 0 saturated heterocycles. The topological polar surface area (TPSA) is 174 Å². The molecular weight excluding hydrogens is 757 g/mol. The molecule has 0 saturated carbocycles. The second-order valence-corrected chi connectivity index (χ2v) is 15.1. The van der Waals surface area contributed by atoms with E-state index in [-0.39, 0.29) is 33.0 Å². The van der Waals surface area contributed by atoms with E-state index >= 15 is 0 Å². The lowest BCUT2D eigenvalue weighted by molar-refractivity contribution is -0.198. The smallest absolute Gasteiger partial charge is 0.417 e. The largest absolute Gasteiger partial charge is 0.461 e. The molecule has 1 amide bonds. The zero-order valence-corrected chi connectivity index (χ0v) is 33.2. The van der Waals surface area contributed by atoms with Crippen LogP contribution in [-0.2, 0) is 82.8 Å². The number of aliphatic hydroxyl groups is 1. The van der Waals surface area contributed by atoms with Crippen molar-refractivity contribution < 1.29 is 61.5 Å². The maximum absolute atomic E-state index is 13.9. The van der Waals surface area contributed by atoms with Gasteiger partial charge in [0.05, 0.1) is 46.2 Å². The number of carbonyl (C=O) groups is 3. The van der Waals surface area contributed by atoms with Gasteiger partial charge in [0.25, 0.3) is 0 Å². The minimum Gasteiger partial charge on any atom is -0.461 e. The van der Waals surface area contributed by atoms with Gasteiger partial charge in [-0.2, -0.15) is 0 Å². The molecule has 57 heavy (non-hydrogen) atoms. The first-order chi connectivity index (χ1) is 27.6. The third-order valence-corrected chi connectivity index (χ3v) is 10.7. The van der Waals surface area contributed by atoms with Crippen LogP contribution in [0.3, 0.4) is 0 Å². The van der Waals surface area contributed by atoms with E-state index in [0.717, 1.165) is 32.5 Å². The Bertz CT molecular complexity index is 1830. The zero-order valence-electron chi connectivity index (χ0n) is 32.3. The van der Waals surface area contributed by atoms with Gasteiger partial charge in [-0.1, -0.05) is 121 Å². The summed E-state index contributed by atoms with van der Waals surface area (Å²) in [5.74, 6) is -5.60. The van der Waals surface area contributed by atoms with Crippen LogP contribution in [-0.4, -0.2) is 87.2 Å². The average Bonchev–Trinajstić information content (AvgIpc) is 3.25. The molecule has 0 unspecified atom stereocenters. The Morgan fingerprint density at radius 2 is 1.02 bits per heavy atom. The Hall–Kier alpha value is -4.76. The lowest BCUT2D eigenvalue weighted by Crippen LogP contribution is -2.62. The second kappa shape index (κ2) is 23.5. The molecular formula is C42H50NO13P. The molecule has 6 atom stereocenters. The number of rotatable bonds is 23. The fourth-order valence-electron chi connectivity index (χ4n) is 5.86. The molecule has 0 aliphatic rings. The van der Waals surface area contributed by atoms with Gasteiger partial charge in [0, 0.05) is 21.1 Å². The molecule has 0 aliphatic heterocycles. The maximum atomic E-state index is 13.9. The number of ether oxygens (including phenoxy) is 6. The van der Waals surface area contributed by atoms with Gasteiger partial charge >= 0.3 is 19.5 Å². The molecule has 306 valence electrons. The summed E-state index contributed by atoms with van der Waals surface area (Å²) in [5.41, 5.74) is 3.00. The van der Waals surface area contributed by atoms with Crippen molar-refractivity contribution in [2.24, 2.45) is 0 Å².